The fraction of sp³-hybridized carbons (Fsp3) is 0.625. The standard InChI is InChI=1S/C16H25F2NO/c1-3-9-19-15(6-5-10-20-4-2)12-13-11-14(17)7-8-16(13)18/h7-8,11,15,19H,3-6,9-10,12H2,1-2H3. The van der Waals surface area contributed by atoms with Crippen LogP contribution >= 0.6 is 0 Å². The lowest BCUT2D eigenvalue weighted by Crippen LogP contribution is -2.32. The molecule has 0 aliphatic rings. The third-order valence-electron chi connectivity index (χ3n) is 3.20. The molecular formula is C16H25F2NO. The maximum Gasteiger partial charge on any atom is 0.126 e. The summed E-state index contributed by atoms with van der Waals surface area (Å²) in [6.07, 6.45) is 3.35. The average Bonchev–Trinajstić information content (AvgIpc) is 2.44. The highest BCUT2D eigenvalue weighted by molar-refractivity contribution is 5.19. The Labute approximate surface area is 120 Å². The molecule has 0 spiro atoms. The first-order valence-electron chi connectivity index (χ1n) is 7.42. The topological polar surface area (TPSA) is 21.3 Å². The van der Waals surface area contributed by atoms with Gasteiger partial charge in [0.2, 0.25) is 0 Å². The zero-order chi connectivity index (χ0) is 14.8. The van der Waals surface area contributed by atoms with Gasteiger partial charge < -0.3 is 10.1 Å². The third-order valence-corrected chi connectivity index (χ3v) is 3.20. The molecule has 1 aromatic carbocycles. The maximum atomic E-state index is 13.7. The molecule has 1 N–H and O–H groups in total. The monoisotopic (exact) mass is 285 g/mol. The quantitative estimate of drug-likeness (QED) is 0.662. The van der Waals surface area contributed by atoms with Crippen molar-refractivity contribution in [2.24, 2.45) is 0 Å². The lowest BCUT2D eigenvalue weighted by atomic mass is 10.0. The molecule has 0 saturated heterocycles. The summed E-state index contributed by atoms with van der Waals surface area (Å²) in [7, 11) is 0. The molecule has 114 valence electrons. The van der Waals surface area contributed by atoms with E-state index < -0.39 is 0 Å². The molecule has 2 nitrogen and oxygen atoms in total. The Bertz CT molecular complexity index is 385. The molecule has 0 aliphatic carbocycles. The van der Waals surface area contributed by atoms with Crippen LogP contribution in [-0.4, -0.2) is 25.8 Å². The molecule has 0 heterocycles. The van der Waals surface area contributed by atoms with Crippen molar-refractivity contribution < 1.29 is 13.5 Å². The van der Waals surface area contributed by atoms with Crippen molar-refractivity contribution in [3.05, 3.63) is 35.4 Å². The van der Waals surface area contributed by atoms with Gasteiger partial charge >= 0.3 is 0 Å². The number of nitrogens with one attached hydrogen (secondary N) is 1. The zero-order valence-corrected chi connectivity index (χ0v) is 12.4. The van der Waals surface area contributed by atoms with Gasteiger partial charge in [0.05, 0.1) is 0 Å². The van der Waals surface area contributed by atoms with Gasteiger partial charge in [0.25, 0.3) is 0 Å². The van der Waals surface area contributed by atoms with Crippen LogP contribution in [0.25, 0.3) is 0 Å². The largest absolute Gasteiger partial charge is 0.382 e. The van der Waals surface area contributed by atoms with E-state index in [2.05, 4.69) is 12.2 Å². The molecule has 0 amide bonds. The van der Waals surface area contributed by atoms with Crippen molar-refractivity contribution >= 4 is 0 Å². The van der Waals surface area contributed by atoms with Crippen LogP contribution < -0.4 is 5.32 Å². The second kappa shape index (κ2) is 9.83. The lowest BCUT2D eigenvalue weighted by molar-refractivity contribution is 0.140. The minimum atomic E-state index is -0.384. The average molecular weight is 285 g/mol. The van der Waals surface area contributed by atoms with E-state index in [0.29, 0.717) is 25.2 Å². The number of hydrogen-bond acceptors (Lipinski definition) is 2. The van der Waals surface area contributed by atoms with Gasteiger partial charge in [0, 0.05) is 19.3 Å². The van der Waals surface area contributed by atoms with E-state index in [0.717, 1.165) is 31.9 Å². The highest BCUT2D eigenvalue weighted by Crippen LogP contribution is 2.14. The smallest absolute Gasteiger partial charge is 0.126 e. The third kappa shape index (κ3) is 6.44. The summed E-state index contributed by atoms with van der Waals surface area (Å²) in [5.41, 5.74) is 0.440. The summed E-state index contributed by atoms with van der Waals surface area (Å²) in [6, 6.07) is 3.80. The number of hydrogen-bond donors (Lipinski definition) is 1. The molecule has 4 heteroatoms. The Morgan fingerprint density at radius 3 is 2.75 bits per heavy atom. The highest BCUT2D eigenvalue weighted by atomic mass is 19.1. The van der Waals surface area contributed by atoms with Gasteiger partial charge in [-0.05, 0) is 62.9 Å². The van der Waals surface area contributed by atoms with Crippen LogP contribution in [-0.2, 0) is 11.2 Å². The van der Waals surface area contributed by atoms with E-state index in [-0.39, 0.29) is 17.7 Å². The van der Waals surface area contributed by atoms with Crippen molar-refractivity contribution in [2.45, 2.75) is 45.6 Å². The number of benzene rings is 1. The SMILES string of the molecule is CCCNC(CCCOCC)Cc1cc(F)ccc1F. The van der Waals surface area contributed by atoms with Crippen molar-refractivity contribution in [2.75, 3.05) is 19.8 Å². The number of halogens is 2. The van der Waals surface area contributed by atoms with Crippen LogP contribution in [0.1, 0.15) is 38.7 Å². The van der Waals surface area contributed by atoms with Crippen molar-refractivity contribution in [1.82, 2.24) is 5.32 Å². The normalized spacial score (nSPS) is 12.6. The first-order valence-corrected chi connectivity index (χ1v) is 7.42. The van der Waals surface area contributed by atoms with Crippen molar-refractivity contribution in [1.29, 1.82) is 0 Å². The molecule has 0 fully saturated rings. The molecule has 20 heavy (non-hydrogen) atoms. The molecule has 1 aromatic rings. The van der Waals surface area contributed by atoms with Crippen LogP contribution in [0, 0.1) is 11.6 Å². The second-order valence-corrected chi connectivity index (χ2v) is 4.93. The summed E-state index contributed by atoms with van der Waals surface area (Å²) in [6.45, 7) is 6.37. The van der Waals surface area contributed by atoms with Crippen LogP contribution in [0.15, 0.2) is 18.2 Å². The van der Waals surface area contributed by atoms with E-state index in [1.165, 1.54) is 12.1 Å². The lowest BCUT2D eigenvalue weighted by Gasteiger charge is -2.19. The predicted octanol–water partition coefficient (Wildman–Crippen LogP) is 3.69. The van der Waals surface area contributed by atoms with Gasteiger partial charge in [0.1, 0.15) is 11.6 Å². The minimum absolute atomic E-state index is 0.159. The Balaban J connectivity index is 2.55. The zero-order valence-electron chi connectivity index (χ0n) is 12.4. The van der Waals surface area contributed by atoms with Crippen LogP contribution in [0.5, 0.6) is 0 Å². The first kappa shape index (κ1) is 17.1. The van der Waals surface area contributed by atoms with Gasteiger partial charge in [-0.15, -0.1) is 0 Å². The van der Waals surface area contributed by atoms with Crippen molar-refractivity contribution in [3.63, 3.8) is 0 Å². The number of ether oxygens (including phenoxy) is 1. The van der Waals surface area contributed by atoms with Gasteiger partial charge in [-0.1, -0.05) is 6.92 Å². The maximum absolute atomic E-state index is 13.7. The molecule has 1 rings (SSSR count). The Kier molecular flexibility index (Phi) is 8.38. The van der Waals surface area contributed by atoms with Crippen LogP contribution in [0.3, 0.4) is 0 Å². The molecule has 0 saturated carbocycles. The fourth-order valence-electron chi connectivity index (χ4n) is 2.17. The summed E-state index contributed by atoms with van der Waals surface area (Å²) < 4.78 is 32.2. The summed E-state index contributed by atoms with van der Waals surface area (Å²) in [5, 5.41) is 3.40. The number of rotatable bonds is 10. The molecular weight excluding hydrogens is 260 g/mol. The van der Waals surface area contributed by atoms with E-state index in [4.69, 9.17) is 4.74 Å². The molecule has 0 radical (unpaired) electrons. The van der Waals surface area contributed by atoms with Crippen molar-refractivity contribution in [3.8, 4) is 0 Å². The van der Waals surface area contributed by atoms with E-state index in [9.17, 15) is 8.78 Å². The van der Waals surface area contributed by atoms with E-state index in [1.807, 2.05) is 6.92 Å². The Morgan fingerprint density at radius 1 is 1.25 bits per heavy atom. The predicted molar refractivity (Wildman–Crippen MR) is 77.9 cm³/mol. The van der Waals surface area contributed by atoms with Gasteiger partial charge in [-0.2, -0.15) is 0 Å². The first-order chi connectivity index (χ1) is 9.67. The Hall–Kier alpha value is -1.00. The minimum Gasteiger partial charge on any atom is -0.382 e. The molecule has 0 bridgehead atoms. The van der Waals surface area contributed by atoms with Gasteiger partial charge in [0.15, 0.2) is 0 Å². The summed E-state index contributed by atoms with van der Waals surface area (Å²) in [4.78, 5) is 0. The summed E-state index contributed by atoms with van der Waals surface area (Å²) in [5.74, 6) is -0.718. The highest BCUT2D eigenvalue weighted by Gasteiger charge is 2.12. The Morgan fingerprint density at radius 2 is 2.05 bits per heavy atom. The van der Waals surface area contributed by atoms with Gasteiger partial charge in [-0.3, -0.25) is 0 Å². The molecule has 0 aliphatic heterocycles. The second-order valence-electron chi connectivity index (χ2n) is 4.93. The van der Waals surface area contributed by atoms with E-state index in [1.54, 1.807) is 0 Å². The molecule has 0 aromatic heterocycles. The van der Waals surface area contributed by atoms with E-state index >= 15 is 0 Å². The van der Waals surface area contributed by atoms with Gasteiger partial charge in [-0.25, -0.2) is 8.78 Å². The molecule has 1 atom stereocenters. The van der Waals surface area contributed by atoms with Crippen LogP contribution in [0.2, 0.25) is 0 Å². The fourth-order valence-corrected chi connectivity index (χ4v) is 2.17. The summed E-state index contributed by atoms with van der Waals surface area (Å²) >= 11 is 0. The molecule has 1 unspecified atom stereocenters. The van der Waals surface area contributed by atoms with Crippen LogP contribution in [0.4, 0.5) is 8.78 Å².